The van der Waals surface area contributed by atoms with Gasteiger partial charge in [0, 0.05) is 6.42 Å². The predicted molar refractivity (Wildman–Crippen MR) is 91.0 cm³/mol. The van der Waals surface area contributed by atoms with Crippen LogP contribution in [0.4, 0.5) is 0 Å². The van der Waals surface area contributed by atoms with Crippen molar-refractivity contribution in [2.24, 2.45) is 0 Å². The molecule has 0 radical (unpaired) electrons. The van der Waals surface area contributed by atoms with Gasteiger partial charge in [0.2, 0.25) is 0 Å². The number of aromatic amines is 1. The molecule has 0 amide bonds. The van der Waals surface area contributed by atoms with Gasteiger partial charge >= 0.3 is 5.97 Å². The zero-order valence-electron chi connectivity index (χ0n) is 13.6. The minimum Gasteiger partial charge on any atom is -0.478 e. The Morgan fingerprint density at radius 3 is 2.52 bits per heavy atom. The average molecular weight is 316 g/mol. The fourth-order valence-corrected chi connectivity index (χ4v) is 2.69. The van der Waals surface area contributed by atoms with Crippen molar-refractivity contribution in [2.45, 2.75) is 58.3 Å². The average Bonchev–Trinajstić information content (AvgIpc) is 2.53. The number of aromatic carboxylic acids is 1. The number of nitrogens with one attached hydrogen (secondary N) is 1. The Bertz CT molecular complexity index is 722. The Morgan fingerprint density at radius 1 is 1.13 bits per heavy atom. The monoisotopic (exact) mass is 316 g/mol. The Labute approximate surface area is 135 Å². The summed E-state index contributed by atoms with van der Waals surface area (Å²) in [5.41, 5.74) is 0.386. The lowest BCUT2D eigenvalue weighted by atomic mass is 10.1. The molecular weight excluding hydrogens is 292 g/mol. The number of aryl methyl sites for hydroxylation is 1. The first-order valence-electron chi connectivity index (χ1n) is 8.38. The van der Waals surface area contributed by atoms with Gasteiger partial charge in [-0.1, -0.05) is 45.4 Å². The quantitative estimate of drug-likeness (QED) is 0.687. The van der Waals surface area contributed by atoms with Crippen molar-refractivity contribution in [3.63, 3.8) is 0 Å². The minimum absolute atomic E-state index is 0.102. The summed E-state index contributed by atoms with van der Waals surface area (Å²) in [6.07, 6.45) is 9.25. The molecule has 1 aromatic heterocycles. The third-order valence-corrected chi connectivity index (χ3v) is 4.02. The van der Waals surface area contributed by atoms with Crippen LogP contribution in [0.25, 0.3) is 10.9 Å². The number of unbranched alkanes of at least 4 members (excludes halogenated alkanes) is 6. The van der Waals surface area contributed by atoms with E-state index < -0.39 is 5.97 Å². The van der Waals surface area contributed by atoms with E-state index in [4.69, 9.17) is 5.11 Å². The zero-order valence-corrected chi connectivity index (χ0v) is 13.6. The lowest BCUT2D eigenvalue weighted by Crippen LogP contribution is -2.12. The van der Waals surface area contributed by atoms with Crippen molar-refractivity contribution in [1.29, 1.82) is 0 Å². The number of rotatable bonds is 9. The van der Waals surface area contributed by atoms with Crippen LogP contribution in [0.3, 0.4) is 0 Å². The Balaban J connectivity index is 1.96. The normalized spacial score (nSPS) is 11.0. The number of H-pyrrole nitrogens is 1. The topological polar surface area (TPSA) is 83.0 Å². The van der Waals surface area contributed by atoms with Crippen molar-refractivity contribution in [2.75, 3.05) is 0 Å². The van der Waals surface area contributed by atoms with E-state index >= 15 is 0 Å². The number of carboxylic acid groups (broad SMARTS) is 1. The Hall–Kier alpha value is -2.17. The number of carbonyl (C=O) groups is 1. The van der Waals surface area contributed by atoms with Crippen LogP contribution in [0.1, 0.15) is 68.1 Å². The fraction of sp³-hybridized carbons (Fsp3) is 0.500. The molecule has 2 aromatic rings. The molecule has 5 heteroatoms. The first-order chi connectivity index (χ1) is 11.1. The molecule has 0 aliphatic heterocycles. The van der Waals surface area contributed by atoms with Gasteiger partial charge in [0.25, 0.3) is 5.56 Å². The maximum absolute atomic E-state index is 12.1. The highest BCUT2D eigenvalue weighted by Gasteiger charge is 2.08. The van der Waals surface area contributed by atoms with Crippen LogP contribution < -0.4 is 5.56 Å². The van der Waals surface area contributed by atoms with E-state index in [0.717, 1.165) is 19.3 Å². The van der Waals surface area contributed by atoms with E-state index in [-0.39, 0.29) is 11.1 Å². The fourth-order valence-electron chi connectivity index (χ4n) is 2.69. The maximum Gasteiger partial charge on any atom is 0.335 e. The van der Waals surface area contributed by atoms with Crippen molar-refractivity contribution < 1.29 is 9.90 Å². The largest absolute Gasteiger partial charge is 0.478 e. The molecule has 0 aliphatic carbocycles. The molecular formula is C18H24N2O3. The lowest BCUT2D eigenvalue weighted by Gasteiger charge is -2.04. The summed E-state index contributed by atoms with van der Waals surface area (Å²) in [5.74, 6) is -0.363. The van der Waals surface area contributed by atoms with Crippen molar-refractivity contribution in [3.8, 4) is 0 Å². The molecule has 124 valence electrons. The maximum atomic E-state index is 12.1. The van der Waals surface area contributed by atoms with Gasteiger partial charge < -0.3 is 10.1 Å². The van der Waals surface area contributed by atoms with E-state index in [1.54, 1.807) is 6.07 Å². The summed E-state index contributed by atoms with van der Waals surface area (Å²) in [7, 11) is 0. The van der Waals surface area contributed by atoms with E-state index in [1.165, 1.54) is 44.2 Å². The van der Waals surface area contributed by atoms with Gasteiger partial charge in [-0.3, -0.25) is 4.79 Å². The summed E-state index contributed by atoms with van der Waals surface area (Å²) in [6.45, 7) is 2.21. The zero-order chi connectivity index (χ0) is 16.7. The number of hydrogen-bond acceptors (Lipinski definition) is 3. The van der Waals surface area contributed by atoms with Gasteiger partial charge in [0.1, 0.15) is 5.82 Å². The highest BCUT2D eigenvalue weighted by Crippen LogP contribution is 2.12. The Morgan fingerprint density at radius 2 is 1.83 bits per heavy atom. The molecule has 0 bridgehead atoms. The van der Waals surface area contributed by atoms with Gasteiger partial charge in [-0.2, -0.15) is 0 Å². The second-order valence-electron chi connectivity index (χ2n) is 5.92. The van der Waals surface area contributed by atoms with Crippen LogP contribution in [0.15, 0.2) is 23.0 Å². The van der Waals surface area contributed by atoms with Crippen LogP contribution >= 0.6 is 0 Å². The molecule has 5 nitrogen and oxygen atoms in total. The number of fused-ring (bicyclic) bond motifs is 1. The van der Waals surface area contributed by atoms with Gasteiger partial charge in [-0.05, 0) is 24.6 Å². The molecule has 0 aliphatic rings. The van der Waals surface area contributed by atoms with Crippen molar-refractivity contribution >= 4 is 16.9 Å². The van der Waals surface area contributed by atoms with Crippen LogP contribution in [-0.2, 0) is 6.42 Å². The number of hydrogen-bond donors (Lipinski definition) is 2. The molecule has 0 saturated carbocycles. The van der Waals surface area contributed by atoms with Gasteiger partial charge in [0.05, 0.1) is 16.5 Å². The lowest BCUT2D eigenvalue weighted by molar-refractivity contribution is 0.0697. The van der Waals surface area contributed by atoms with Crippen LogP contribution in [0.5, 0.6) is 0 Å². The molecule has 0 spiro atoms. The molecule has 2 N–H and O–H groups in total. The van der Waals surface area contributed by atoms with E-state index in [9.17, 15) is 9.59 Å². The summed E-state index contributed by atoms with van der Waals surface area (Å²) >= 11 is 0. The SMILES string of the molecule is CCCCCCCCCc1nc2ccc(C(=O)O)cc2c(=O)[nH]1. The van der Waals surface area contributed by atoms with Crippen LogP contribution in [-0.4, -0.2) is 21.0 Å². The minimum atomic E-state index is -1.04. The molecule has 0 fully saturated rings. The number of benzene rings is 1. The van der Waals surface area contributed by atoms with Crippen molar-refractivity contribution in [3.05, 3.63) is 39.9 Å². The molecule has 1 heterocycles. The predicted octanol–water partition coefficient (Wildman–Crippen LogP) is 3.91. The van der Waals surface area contributed by atoms with Crippen molar-refractivity contribution in [1.82, 2.24) is 9.97 Å². The Kier molecular flexibility index (Phi) is 6.32. The molecule has 23 heavy (non-hydrogen) atoms. The molecule has 0 saturated heterocycles. The van der Waals surface area contributed by atoms with Gasteiger partial charge in [0.15, 0.2) is 0 Å². The number of aromatic nitrogens is 2. The second kappa shape index (κ2) is 8.46. The highest BCUT2D eigenvalue weighted by atomic mass is 16.4. The van der Waals surface area contributed by atoms with E-state index in [0.29, 0.717) is 16.7 Å². The molecule has 2 rings (SSSR count). The number of carboxylic acids is 1. The standard InChI is InChI=1S/C18H24N2O3/c1-2-3-4-5-6-7-8-9-16-19-15-11-10-13(18(22)23)12-14(15)17(21)20-16/h10-12H,2-9H2,1H3,(H,22,23)(H,19,20,21). The van der Waals surface area contributed by atoms with Crippen LogP contribution in [0.2, 0.25) is 0 Å². The van der Waals surface area contributed by atoms with Gasteiger partial charge in [-0.15, -0.1) is 0 Å². The summed E-state index contributed by atoms with van der Waals surface area (Å²) in [5, 5.41) is 9.30. The highest BCUT2D eigenvalue weighted by molar-refractivity contribution is 5.92. The molecule has 0 atom stereocenters. The van der Waals surface area contributed by atoms with E-state index in [1.807, 2.05) is 0 Å². The summed E-state index contributed by atoms with van der Waals surface area (Å²) < 4.78 is 0. The van der Waals surface area contributed by atoms with Crippen LogP contribution in [0, 0.1) is 0 Å². The summed E-state index contributed by atoms with van der Waals surface area (Å²) in [4.78, 5) is 30.3. The molecule has 1 aromatic carbocycles. The third-order valence-electron chi connectivity index (χ3n) is 4.02. The molecule has 0 unspecified atom stereocenters. The smallest absolute Gasteiger partial charge is 0.335 e. The first kappa shape index (κ1) is 17.2. The second-order valence-corrected chi connectivity index (χ2v) is 5.92. The number of nitrogens with zero attached hydrogens (tertiary/aromatic N) is 1. The van der Waals surface area contributed by atoms with E-state index in [2.05, 4.69) is 16.9 Å². The first-order valence-corrected chi connectivity index (χ1v) is 8.38. The third kappa shape index (κ3) is 4.91. The summed E-state index contributed by atoms with van der Waals surface area (Å²) in [6, 6.07) is 4.46. The van der Waals surface area contributed by atoms with Gasteiger partial charge in [-0.25, -0.2) is 9.78 Å².